The Bertz CT molecular complexity index is 398. The minimum atomic E-state index is -0.439. The second-order valence-electron chi connectivity index (χ2n) is 3.84. The molecule has 94 valence electrons. The number of halogens is 1. The van der Waals surface area contributed by atoms with Crippen LogP contribution in [-0.2, 0) is 4.79 Å². The van der Waals surface area contributed by atoms with E-state index in [1.54, 1.807) is 11.8 Å². The average molecular weight is 317 g/mol. The second-order valence-corrected chi connectivity index (χ2v) is 5.68. The quantitative estimate of drug-likeness (QED) is 0.878. The van der Waals surface area contributed by atoms with Crippen molar-refractivity contribution in [1.29, 1.82) is 0 Å². The molecule has 1 rings (SSSR count). The Morgan fingerprint density at radius 2 is 2.29 bits per heavy atom. The summed E-state index contributed by atoms with van der Waals surface area (Å²) in [6.45, 7) is 1.98. The number of hydrogen-bond acceptors (Lipinski definition) is 3. The van der Waals surface area contributed by atoms with Crippen LogP contribution in [0.15, 0.2) is 22.7 Å². The van der Waals surface area contributed by atoms with E-state index < -0.39 is 6.04 Å². The molecule has 5 heteroatoms. The first-order valence-corrected chi connectivity index (χ1v) is 7.55. The molecular weight excluding hydrogens is 300 g/mol. The number of amides is 1. The molecule has 0 radical (unpaired) electrons. The van der Waals surface area contributed by atoms with Gasteiger partial charge < -0.3 is 11.1 Å². The van der Waals surface area contributed by atoms with Crippen LogP contribution >= 0.6 is 27.7 Å². The highest BCUT2D eigenvalue weighted by atomic mass is 79.9. The third-order valence-electron chi connectivity index (χ3n) is 2.40. The number of aryl methyl sites for hydroxylation is 1. The molecule has 0 aliphatic carbocycles. The van der Waals surface area contributed by atoms with Gasteiger partial charge >= 0.3 is 0 Å². The molecule has 0 saturated carbocycles. The molecule has 0 aliphatic heterocycles. The number of nitrogens with one attached hydrogen (secondary N) is 1. The van der Waals surface area contributed by atoms with Crippen LogP contribution in [0.25, 0.3) is 0 Å². The van der Waals surface area contributed by atoms with Crippen LogP contribution in [0.3, 0.4) is 0 Å². The van der Waals surface area contributed by atoms with Crippen molar-refractivity contribution in [1.82, 2.24) is 0 Å². The lowest BCUT2D eigenvalue weighted by molar-refractivity contribution is -0.117. The van der Waals surface area contributed by atoms with Gasteiger partial charge in [0.2, 0.25) is 5.91 Å². The molecule has 0 aliphatic rings. The minimum absolute atomic E-state index is 0.124. The lowest BCUT2D eigenvalue weighted by Crippen LogP contribution is -2.36. The summed E-state index contributed by atoms with van der Waals surface area (Å²) < 4.78 is 1.03. The van der Waals surface area contributed by atoms with Crippen molar-refractivity contribution in [3.8, 4) is 0 Å². The standard InChI is InChI=1S/C12H17BrN2OS/c1-8-7-9(3-4-10(8)13)15-12(16)11(14)5-6-17-2/h3-4,7,11H,5-6,14H2,1-2H3,(H,15,16)/t11-/m1/s1. The van der Waals surface area contributed by atoms with E-state index >= 15 is 0 Å². The van der Waals surface area contributed by atoms with Crippen LogP contribution in [0.2, 0.25) is 0 Å². The Morgan fingerprint density at radius 1 is 1.59 bits per heavy atom. The summed E-state index contributed by atoms with van der Waals surface area (Å²) in [6.07, 6.45) is 2.70. The Balaban J connectivity index is 2.58. The van der Waals surface area contributed by atoms with E-state index in [9.17, 15) is 4.79 Å². The fraction of sp³-hybridized carbons (Fsp3) is 0.417. The molecule has 0 fully saturated rings. The van der Waals surface area contributed by atoms with E-state index in [4.69, 9.17) is 5.73 Å². The van der Waals surface area contributed by atoms with Crippen LogP contribution < -0.4 is 11.1 Å². The Morgan fingerprint density at radius 3 is 2.88 bits per heavy atom. The second kappa shape index (κ2) is 7.03. The molecule has 1 aromatic carbocycles. The lowest BCUT2D eigenvalue weighted by Gasteiger charge is -2.12. The Kier molecular flexibility index (Phi) is 6.02. The SMILES string of the molecule is CSCC[C@@H](N)C(=O)Nc1ccc(Br)c(C)c1. The third kappa shape index (κ3) is 4.69. The molecule has 0 heterocycles. The highest BCUT2D eigenvalue weighted by Crippen LogP contribution is 2.20. The van der Waals surface area contributed by atoms with E-state index in [2.05, 4.69) is 21.2 Å². The van der Waals surface area contributed by atoms with Gasteiger partial charge in [-0.2, -0.15) is 11.8 Å². The summed E-state index contributed by atoms with van der Waals surface area (Å²) in [5, 5.41) is 2.82. The van der Waals surface area contributed by atoms with Crippen molar-refractivity contribution < 1.29 is 4.79 Å². The number of carbonyl (C=O) groups excluding carboxylic acids is 1. The summed E-state index contributed by atoms with van der Waals surface area (Å²) in [5.41, 5.74) is 7.66. The number of rotatable bonds is 5. The number of anilines is 1. The van der Waals surface area contributed by atoms with Crippen LogP contribution in [0.4, 0.5) is 5.69 Å². The van der Waals surface area contributed by atoms with Crippen molar-refractivity contribution >= 4 is 39.3 Å². The molecule has 1 atom stereocenters. The number of thioether (sulfide) groups is 1. The predicted molar refractivity (Wildman–Crippen MR) is 78.5 cm³/mol. The zero-order valence-electron chi connectivity index (χ0n) is 10.00. The van der Waals surface area contributed by atoms with Crippen molar-refractivity contribution in [3.63, 3.8) is 0 Å². The number of nitrogens with two attached hydrogens (primary N) is 1. The van der Waals surface area contributed by atoms with Gasteiger partial charge in [-0.3, -0.25) is 4.79 Å². The van der Waals surface area contributed by atoms with Gasteiger partial charge in [-0.1, -0.05) is 15.9 Å². The van der Waals surface area contributed by atoms with Gasteiger partial charge in [0.15, 0.2) is 0 Å². The van der Waals surface area contributed by atoms with E-state index in [1.807, 2.05) is 31.4 Å². The van der Waals surface area contributed by atoms with Crippen LogP contribution in [0.5, 0.6) is 0 Å². The van der Waals surface area contributed by atoms with Crippen molar-refractivity contribution in [2.75, 3.05) is 17.3 Å². The van der Waals surface area contributed by atoms with E-state index in [1.165, 1.54) is 0 Å². The molecule has 3 nitrogen and oxygen atoms in total. The van der Waals surface area contributed by atoms with Crippen LogP contribution in [0.1, 0.15) is 12.0 Å². The highest BCUT2D eigenvalue weighted by Gasteiger charge is 2.13. The molecule has 1 amide bonds. The van der Waals surface area contributed by atoms with Crippen molar-refractivity contribution in [2.45, 2.75) is 19.4 Å². The molecule has 0 unspecified atom stereocenters. The largest absolute Gasteiger partial charge is 0.325 e. The zero-order chi connectivity index (χ0) is 12.8. The molecule has 17 heavy (non-hydrogen) atoms. The van der Waals surface area contributed by atoms with Gasteiger partial charge in [-0.05, 0) is 49.1 Å². The lowest BCUT2D eigenvalue weighted by atomic mass is 10.2. The molecule has 0 spiro atoms. The summed E-state index contributed by atoms with van der Waals surface area (Å²) in [5.74, 6) is 0.772. The van der Waals surface area contributed by atoms with Crippen molar-refractivity contribution in [2.24, 2.45) is 5.73 Å². The molecule has 3 N–H and O–H groups in total. The zero-order valence-corrected chi connectivity index (χ0v) is 12.4. The minimum Gasteiger partial charge on any atom is -0.325 e. The van der Waals surface area contributed by atoms with Gasteiger partial charge in [-0.15, -0.1) is 0 Å². The van der Waals surface area contributed by atoms with Gasteiger partial charge in [0, 0.05) is 10.2 Å². The molecule has 0 aromatic heterocycles. The molecule has 0 saturated heterocycles. The van der Waals surface area contributed by atoms with Gasteiger partial charge in [0.05, 0.1) is 6.04 Å². The van der Waals surface area contributed by atoms with Crippen molar-refractivity contribution in [3.05, 3.63) is 28.2 Å². The highest BCUT2D eigenvalue weighted by molar-refractivity contribution is 9.10. The van der Waals surface area contributed by atoms with Crippen LogP contribution in [-0.4, -0.2) is 24.0 Å². The predicted octanol–water partition coefficient (Wildman–Crippen LogP) is 2.78. The van der Waals surface area contributed by atoms with Gasteiger partial charge in [0.1, 0.15) is 0 Å². The fourth-order valence-electron chi connectivity index (χ4n) is 1.33. The van der Waals surface area contributed by atoms with E-state index in [-0.39, 0.29) is 5.91 Å². The van der Waals surface area contributed by atoms with Gasteiger partial charge in [0.25, 0.3) is 0 Å². The van der Waals surface area contributed by atoms with Gasteiger partial charge in [-0.25, -0.2) is 0 Å². The maximum atomic E-state index is 11.8. The number of carbonyl (C=O) groups is 1. The number of hydrogen-bond donors (Lipinski definition) is 2. The number of benzene rings is 1. The first-order valence-electron chi connectivity index (χ1n) is 5.36. The normalized spacial score (nSPS) is 12.2. The molecule has 0 bridgehead atoms. The Labute approximate surface area is 115 Å². The first kappa shape index (κ1) is 14.5. The summed E-state index contributed by atoms with van der Waals surface area (Å²) in [4.78, 5) is 11.8. The monoisotopic (exact) mass is 316 g/mol. The maximum Gasteiger partial charge on any atom is 0.241 e. The third-order valence-corrected chi connectivity index (χ3v) is 3.93. The van der Waals surface area contributed by atoms with Crippen LogP contribution in [0, 0.1) is 6.92 Å². The average Bonchev–Trinajstić information content (AvgIpc) is 2.30. The van der Waals surface area contributed by atoms with E-state index in [0.29, 0.717) is 6.42 Å². The van der Waals surface area contributed by atoms with E-state index in [0.717, 1.165) is 21.5 Å². The molecule has 1 aromatic rings. The summed E-state index contributed by atoms with van der Waals surface area (Å²) in [7, 11) is 0. The summed E-state index contributed by atoms with van der Waals surface area (Å²) >= 11 is 5.11. The molecular formula is C12H17BrN2OS. The smallest absolute Gasteiger partial charge is 0.241 e. The Hall–Kier alpha value is -0.520. The topological polar surface area (TPSA) is 55.1 Å². The maximum absolute atomic E-state index is 11.8. The fourth-order valence-corrected chi connectivity index (χ4v) is 2.07. The summed E-state index contributed by atoms with van der Waals surface area (Å²) in [6, 6.07) is 5.25. The first-order chi connectivity index (χ1) is 8.04.